The number of amides is 2. The van der Waals surface area contributed by atoms with Crippen molar-refractivity contribution in [2.75, 3.05) is 24.5 Å². The second-order valence-electron chi connectivity index (χ2n) is 8.26. The molecule has 0 bridgehead atoms. The highest BCUT2D eigenvalue weighted by Gasteiger charge is 2.47. The zero-order valence-electron chi connectivity index (χ0n) is 16.8. The molecule has 2 amide bonds. The zero-order chi connectivity index (χ0) is 21.8. The number of aromatic nitrogens is 3. The van der Waals surface area contributed by atoms with E-state index in [0.717, 1.165) is 18.6 Å². The third-order valence-corrected chi connectivity index (χ3v) is 6.45. The Morgan fingerprint density at radius 1 is 1.26 bits per heavy atom. The van der Waals surface area contributed by atoms with E-state index in [1.165, 1.54) is 6.07 Å². The van der Waals surface area contributed by atoms with Crippen molar-refractivity contribution in [2.24, 2.45) is 5.73 Å². The number of rotatable bonds is 3. The number of carbonyl (C=O) groups is 1. The van der Waals surface area contributed by atoms with E-state index in [-0.39, 0.29) is 17.1 Å². The molecule has 10 heteroatoms. The molecule has 2 aliphatic heterocycles. The third-order valence-electron chi connectivity index (χ3n) is 6.45. The first-order valence-corrected chi connectivity index (χ1v) is 10.3. The standard InChI is InChI=1S/C21H22F2N6O2/c22-13-3-4-16(23)15(10-13)17-2-1-7-27(17)19-5-8-28-20(26-19)18(11-25-28)29(21(24)31)9-6-14(30)12-29/h3-5,8,10-11,14,17,30H,1-2,6-7,9,12H2,(H-,24,31)/p+1/t14-,17+,29?/m0/s1. The van der Waals surface area contributed by atoms with Crippen LogP contribution in [0.1, 0.15) is 30.9 Å². The van der Waals surface area contributed by atoms with Gasteiger partial charge in [-0.25, -0.2) is 27.6 Å². The number of anilines is 1. The summed E-state index contributed by atoms with van der Waals surface area (Å²) in [5, 5.41) is 14.4. The molecule has 5 rings (SSSR count). The number of quaternary nitrogens is 1. The maximum atomic E-state index is 14.5. The quantitative estimate of drug-likeness (QED) is 0.624. The SMILES string of the molecule is NC(=O)[N+]1(c2cnn3ccc(N4CCC[C@@H]4c4cc(F)ccc4F)nc23)CC[C@H](O)C1. The Hall–Kier alpha value is -3.11. The molecule has 8 nitrogen and oxygen atoms in total. The molecule has 162 valence electrons. The lowest BCUT2D eigenvalue weighted by molar-refractivity contribution is 0.176. The number of fused-ring (bicyclic) bond motifs is 1. The minimum Gasteiger partial charge on any atom is -0.387 e. The van der Waals surface area contributed by atoms with Crippen LogP contribution in [0.25, 0.3) is 5.65 Å². The topological polar surface area (TPSA) is 96.8 Å². The molecule has 3 N–H and O–H groups in total. The molecule has 31 heavy (non-hydrogen) atoms. The Labute approximate surface area is 177 Å². The molecule has 4 heterocycles. The van der Waals surface area contributed by atoms with Crippen molar-refractivity contribution >= 4 is 23.2 Å². The van der Waals surface area contributed by atoms with E-state index >= 15 is 0 Å². The number of benzene rings is 1. The number of aliphatic hydroxyl groups excluding tert-OH is 1. The van der Waals surface area contributed by atoms with E-state index in [1.807, 2.05) is 4.90 Å². The smallest absolute Gasteiger partial charge is 0.387 e. The first kappa shape index (κ1) is 19.8. The van der Waals surface area contributed by atoms with Gasteiger partial charge in [-0.15, -0.1) is 0 Å². The van der Waals surface area contributed by atoms with Gasteiger partial charge in [0, 0.05) is 24.7 Å². The van der Waals surface area contributed by atoms with Crippen LogP contribution in [0.4, 0.5) is 25.1 Å². The molecule has 1 aromatic carbocycles. The molecule has 2 aliphatic rings. The molecule has 0 aliphatic carbocycles. The first-order valence-electron chi connectivity index (χ1n) is 10.3. The normalized spacial score (nSPS) is 26.1. The van der Waals surface area contributed by atoms with Crippen molar-refractivity contribution in [3.8, 4) is 0 Å². The Bertz CT molecular complexity index is 1170. The Kier molecular flexibility index (Phi) is 4.63. The van der Waals surface area contributed by atoms with Gasteiger partial charge in [0.15, 0.2) is 0 Å². The van der Waals surface area contributed by atoms with Gasteiger partial charge in [0.05, 0.1) is 12.6 Å². The van der Waals surface area contributed by atoms with Crippen LogP contribution in [0.15, 0.2) is 36.7 Å². The second-order valence-corrected chi connectivity index (χ2v) is 8.26. The average molecular weight is 429 g/mol. The van der Waals surface area contributed by atoms with Crippen LogP contribution < -0.4 is 15.1 Å². The summed E-state index contributed by atoms with van der Waals surface area (Å²) < 4.78 is 29.6. The van der Waals surface area contributed by atoms with Crippen LogP contribution >= 0.6 is 0 Å². The largest absolute Gasteiger partial charge is 0.419 e. The average Bonchev–Trinajstić information content (AvgIpc) is 3.47. The summed E-state index contributed by atoms with van der Waals surface area (Å²) in [5.41, 5.74) is 7.02. The molecule has 2 fully saturated rings. The number of hydrogen-bond donors (Lipinski definition) is 2. The predicted molar refractivity (Wildman–Crippen MR) is 110 cm³/mol. The van der Waals surface area contributed by atoms with Crippen LogP contribution in [-0.4, -0.2) is 51.5 Å². The number of halogens is 2. The van der Waals surface area contributed by atoms with Gasteiger partial charge in [0.1, 0.15) is 36.3 Å². The van der Waals surface area contributed by atoms with Gasteiger partial charge in [-0.3, -0.25) is 0 Å². The minimum absolute atomic E-state index is 0.170. The Morgan fingerprint density at radius 3 is 2.84 bits per heavy atom. The van der Waals surface area contributed by atoms with Gasteiger partial charge in [-0.05, 0) is 37.1 Å². The fourth-order valence-corrected chi connectivity index (χ4v) is 4.89. The molecule has 2 aromatic heterocycles. The van der Waals surface area contributed by atoms with E-state index in [4.69, 9.17) is 10.7 Å². The van der Waals surface area contributed by atoms with E-state index in [1.54, 1.807) is 23.0 Å². The Balaban J connectivity index is 1.58. The Morgan fingerprint density at radius 2 is 2.10 bits per heavy atom. The summed E-state index contributed by atoms with van der Waals surface area (Å²) in [5.74, 6) is -0.346. The number of likely N-dealkylation sites (tertiary alicyclic amines) is 1. The van der Waals surface area contributed by atoms with E-state index in [9.17, 15) is 18.7 Å². The molecule has 0 radical (unpaired) electrons. The van der Waals surface area contributed by atoms with Gasteiger partial charge in [0.25, 0.3) is 0 Å². The number of nitrogens with zero attached hydrogens (tertiary/aromatic N) is 5. The van der Waals surface area contributed by atoms with Crippen molar-refractivity contribution in [3.63, 3.8) is 0 Å². The summed E-state index contributed by atoms with van der Waals surface area (Å²) >= 11 is 0. The zero-order valence-corrected chi connectivity index (χ0v) is 16.8. The van der Waals surface area contributed by atoms with Crippen molar-refractivity contribution in [1.82, 2.24) is 19.1 Å². The predicted octanol–water partition coefficient (Wildman–Crippen LogP) is 2.50. The van der Waals surface area contributed by atoms with Gasteiger partial charge in [-0.2, -0.15) is 5.10 Å². The molecular formula is C21H23F2N6O2+. The van der Waals surface area contributed by atoms with E-state index < -0.39 is 23.8 Å². The van der Waals surface area contributed by atoms with Crippen LogP contribution in [0.3, 0.4) is 0 Å². The highest BCUT2D eigenvalue weighted by Crippen LogP contribution is 2.38. The van der Waals surface area contributed by atoms with Gasteiger partial charge < -0.3 is 15.7 Å². The number of aliphatic hydroxyl groups is 1. The summed E-state index contributed by atoms with van der Waals surface area (Å²) in [6, 6.07) is 4.35. The van der Waals surface area contributed by atoms with Crippen LogP contribution in [0.2, 0.25) is 0 Å². The van der Waals surface area contributed by atoms with Crippen molar-refractivity contribution < 1.29 is 18.7 Å². The lowest BCUT2D eigenvalue weighted by atomic mass is 10.0. The summed E-state index contributed by atoms with van der Waals surface area (Å²) in [6.45, 7) is 1.18. The molecule has 3 atom stereocenters. The summed E-state index contributed by atoms with van der Waals surface area (Å²) in [4.78, 5) is 19.1. The molecular weight excluding hydrogens is 406 g/mol. The van der Waals surface area contributed by atoms with Crippen molar-refractivity contribution in [1.29, 1.82) is 0 Å². The first-order chi connectivity index (χ1) is 14.9. The maximum Gasteiger partial charge on any atom is 0.419 e. The van der Waals surface area contributed by atoms with Crippen LogP contribution in [0, 0.1) is 11.6 Å². The van der Waals surface area contributed by atoms with Gasteiger partial charge >= 0.3 is 6.03 Å². The van der Waals surface area contributed by atoms with Crippen LogP contribution in [0.5, 0.6) is 0 Å². The number of urea groups is 1. The molecule has 3 aromatic rings. The lowest BCUT2D eigenvalue weighted by Gasteiger charge is -2.28. The third kappa shape index (κ3) is 3.14. The fraction of sp³-hybridized carbons (Fsp3) is 0.381. The number of carbonyl (C=O) groups excluding carboxylic acids is 1. The van der Waals surface area contributed by atoms with Crippen LogP contribution in [-0.2, 0) is 0 Å². The molecule has 0 spiro atoms. The van der Waals surface area contributed by atoms with Crippen molar-refractivity contribution in [3.05, 3.63) is 53.9 Å². The molecule has 2 saturated heterocycles. The number of nitrogens with two attached hydrogens (primary N) is 1. The monoisotopic (exact) mass is 429 g/mol. The molecule has 0 saturated carbocycles. The van der Waals surface area contributed by atoms with Crippen molar-refractivity contribution in [2.45, 2.75) is 31.4 Å². The highest BCUT2D eigenvalue weighted by atomic mass is 19.1. The summed E-state index contributed by atoms with van der Waals surface area (Å²) in [6.07, 6.45) is 4.59. The van der Waals surface area contributed by atoms with E-state index in [2.05, 4.69) is 5.10 Å². The van der Waals surface area contributed by atoms with Gasteiger partial charge in [0.2, 0.25) is 11.3 Å². The number of primary amides is 1. The maximum absolute atomic E-state index is 14.5. The second kappa shape index (κ2) is 7.24. The highest BCUT2D eigenvalue weighted by molar-refractivity contribution is 5.90. The van der Waals surface area contributed by atoms with Gasteiger partial charge in [-0.1, -0.05) is 0 Å². The lowest BCUT2D eigenvalue weighted by Crippen LogP contribution is -2.55. The minimum atomic E-state index is -0.635. The van der Waals surface area contributed by atoms with E-state index in [0.29, 0.717) is 48.6 Å². The molecule has 1 unspecified atom stereocenters. The fourth-order valence-electron chi connectivity index (χ4n) is 4.89. The number of hydrogen-bond acceptors (Lipinski definition) is 5. The summed E-state index contributed by atoms with van der Waals surface area (Å²) in [7, 11) is 0.